The number of aliphatic hydroxyl groups excluding tert-OH is 4. The van der Waals surface area contributed by atoms with Crippen LogP contribution < -0.4 is 0 Å². The van der Waals surface area contributed by atoms with Crippen LogP contribution in [0.5, 0.6) is 0 Å². The van der Waals surface area contributed by atoms with E-state index in [-0.39, 0.29) is 29.6 Å². The third kappa shape index (κ3) is 3.75. The van der Waals surface area contributed by atoms with Gasteiger partial charge in [0.2, 0.25) is 0 Å². The average Bonchev–Trinajstić information content (AvgIpc) is 3.02. The predicted octanol–water partition coefficient (Wildman–Crippen LogP) is 3.74. The van der Waals surface area contributed by atoms with Crippen LogP contribution in [0.25, 0.3) is 0 Å². The molecule has 4 saturated carbocycles. The van der Waals surface area contributed by atoms with Gasteiger partial charge in [-0.2, -0.15) is 0 Å². The van der Waals surface area contributed by atoms with E-state index >= 15 is 0 Å². The van der Waals surface area contributed by atoms with Crippen LogP contribution >= 0.6 is 0 Å². The van der Waals surface area contributed by atoms with Crippen molar-refractivity contribution in [2.45, 2.75) is 123 Å². The molecule has 0 saturated heterocycles. The van der Waals surface area contributed by atoms with E-state index in [9.17, 15) is 25.5 Å². The van der Waals surface area contributed by atoms with Gasteiger partial charge in [0.1, 0.15) is 11.7 Å². The van der Waals surface area contributed by atoms with Crippen LogP contribution in [0.1, 0.15) is 92.9 Å². The van der Waals surface area contributed by atoms with Gasteiger partial charge in [-0.1, -0.05) is 54.4 Å². The summed E-state index contributed by atoms with van der Waals surface area (Å²) in [6.07, 6.45) is 2.88. The van der Waals surface area contributed by atoms with Crippen molar-refractivity contribution in [3.63, 3.8) is 0 Å². The van der Waals surface area contributed by atoms with E-state index in [2.05, 4.69) is 41.5 Å². The molecule has 0 aromatic carbocycles. The van der Waals surface area contributed by atoms with Crippen molar-refractivity contribution in [1.29, 1.82) is 0 Å². The number of rotatable bonds is 5. The molecule has 0 amide bonds. The van der Waals surface area contributed by atoms with Gasteiger partial charge in [0.15, 0.2) is 0 Å². The zero-order valence-electron chi connectivity index (χ0n) is 21.7. The highest BCUT2D eigenvalue weighted by Gasteiger charge is 2.71. The molecule has 4 rings (SSSR count). The van der Waals surface area contributed by atoms with Crippen molar-refractivity contribution in [2.75, 3.05) is 0 Å². The Morgan fingerprint density at radius 2 is 1.58 bits per heavy atom. The largest absolute Gasteiger partial charge is 0.393 e. The Hall–Kier alpha value is -0.200. The van der Waals surface area contributed by atoms with Gasteiger partial charge >= 0.3 is 0 Å². The second-order valence-corrected chi connectivity index (χ2v) is 13.6. The molecule has 5 N–H and O–H groups in total. The lowest BCUT2D eigenvalue weighted by atomic mass is 9.41. The summed E-state index contributed by atoms with van der Waals surface area (Å²) in [4.78, 5) is 0. The maximum Gasteiger partial charge on any atom is 0.109 e. The van der Waals surface area contributed by atoms with E-state index in [1.807, 2.05) is 0 Å². The molecule has 13 atom stereocenters. The average molecular weight is 467 g/mol. The van der Waals surface area contributed by atoms with Crippen LogP contribution in [-0.4, -0.2) is 55.5 Å². The summed E-state index contributed by atoms with van der Waals surface area (Å²) < 4.78 is 0. The van der Waals surface area contributed by atoms with Crippen LogP contribution in [0.4, 0.5) is 0 Å². The standard InChI is InChI=1S/C28H50O5/c1-15(2)16(3)7-8-17(4)20-13-21(30)23-22-19(10-11-26(20,23)5)27(6)12-9-18(29)14-28(27,33)25(32)24(22)31/h15-25,29-33H,7-14H2,1-6H3/t16-,17+,18-,19?,20+,21+,22?,23?,24+,25+,26+,27+,28-/m0/s1. The number of aliphatic hydroxyl groups is 5. The van der Waals surface area contributed by atoms with Crippen molar-refractivity contribution < 1.29 is 25.5 Å². The Morgan fingerprint density at radius 3 is 2.21 bits per heavy atom. The first-order chi connectivity index (χ1) is 15.3. The zero-order chi connectivity index (χ0) is 24.5. The highest BCUT2D eigenvalue weighted by molar-refractivity contribution is 5.20. The minimum absolute atomic E-state index is 0.0381. The molecule has 33 heavy (non-hydrogen) atoms. The van der Waals surface area contributed by atoms with Crippen LogP contribution in [0.15, 0.2) is 0 Å². The molecule has 0 bridgehead atoms. The second kappa shape index (κ2) is 8.73. The first-order valence-electron chi connectivity index (χ1n) is 13.7. The van der Waals surface area contributed by atoms with Gasteiger partial charge in [0.25, 0.3) is 0 Å². The molecular formula is C28H50O5. The van der Waals surface area contributed by atoms with Gasteiger partial charge in [-0.25, -0.2) is 0 Å². The number of fused-ring (bicyclic) bond motifs is 5. The number of hydrogen-bond donors (Lipinski definition) is 5. The first-order valence-corrected chi connectivity index (χ1v) is 13.7. The van der Waals surface area contributed by atoms with Crippen molar-refractivity contribution in [1.82, 2.24) is 0 Å². The summed E-state index contributed by atoms with van der Waals surface area (Å²) in [6.45, 7) is 13.6. The second-order valence-electron chi connectivity index (χ2n) is 13.6. The van der Waals surface area contributed by atoms with E-state index in [1.165, 1.54) is 6.42 Å². The molecule has 4 aliphatic rings. The summed E-state index contributed by atoms with van der Waals surface area (Å²) >= 11 is 0. The molecule has 4 aliphatic carbocycles. The lowest BCUT2D eigenvalue weighted by Gasteiger charge is -2.66. The van der Waals surface area contributed by atoms with Crippen molar-refractivity contribution in [3.8, 4) is 0 Å². The van der Waals surface area contributed by atoms with Crippen molar-refractivity contribution >= 4 is 0 Å². The van der Waals surface area contributed by atoms with E-state index in [0.717, 1.165) is 25.7 Å². The minimum Gasteiger partial charge on any atom is -0.393 e. The molecule has 0 aliphatic heterocycles. The molecule has 0 aromatic heterocycles. The Bertz CT molecular complexity index is 712. The summed E-state index contributed by atoms with van der Waals surface area (Å²) in [7, 11) is 0. The molecule has 192 valence electrons. The lowest BCUT2D eigenvalue weighted by Crippen LogP contribution is -2.73. The van der Waals surface area contributed by atoms with Gasteiger partial charge in [0.05, 0.1) is 18.3 Å². The molecule has 5 heteroatoms. The van der Waals surface area contributed by atoms with Crippen LogP contribution in [0.2, 0.25) is 0 Å². The van der Waals surface area contributed by atoms with Gasteiger partial charge in [-0.3, -0.25) is 0 Å². The van der Waals surface area contributed by atoms with Gasteiger partial charge in [-0.05, 0) is 78.9 Å². The smallest absolute Gasteiger partial charge is 0.109 e. The third-order valence-corrected chi connectivity index (χ3v) is 11.9. The van der Waals surface area contributed by atoms with Crippen LogP contribution in [0.3, 0.4) is 0 Å². The molecule has 0 heterocycles. The van der Waals surface area contributed by atoms with Gasteiger partial charge in [0, 0.05) is 11.8 Å². The Labute approximate surface area is 201 Å². The Balaban J connectivity index is 1.61. The molecular weight excluding hydrogens is 416 g/mol. The maximum atomic E-state index is 11.6. The van der Waals surface area contributed by atoms with Crippen molar-refractivity contribution in [2.24, 2.45) is 52.3 Å². The third-order valence-electron chi connectivity index (χ3n) is 11.9. The quantitative estimate of drug-likeness (QED) is 0.425. The molecule has 0 aromatic rings. The van der Waals surface area contributed by atoms with Gasteiger partial charge < -0.3 is 25.5 Å². The Kier molecular flexibility index (Phi) is 6.84. The zero-order valence-corrected chi connectivity index (χ0v) is 21.7. The van der Waals surface area contributed by atoms with E-state index in [4.69, 9.17) is 0 Å². The molecule has 0 spiro atoms. The molecule has 4 fully saturated rings. The number of hydrogen-bond acceptors (Lipinski definition) is 5. The summed E-state index contributed by atoms with van der Waals surface area (Å²) in [5.41, 5.74) is -2.11. The monoisotopic (exact) mass is 466 g/mol. The summed E-state index contributed by atoms with van der Waals surface area (Å²) in [6, 6.07) is 0. The topological polar surface area (TPSA) is 101 Å². The van der Waals surface area contributed by atoms with E-state index < -0.39 is 35.4 Å². The predicted molar refractivity (Wildman–Crippen MR) is 129 cm³/mol. The maximum absolute atomic E-state index is 11.6. The van der Waals surface area contributed by atoms with Crippen LogP contribution in [-0.2, 0) is 0 Å². The van der Waals surface area contributed by atoms with Crippen molar-refractivity contribution in [3.05, 3.63) is 0 Å². The van der Waals surface area contributed by atoms with E-state index in [1.54, 1.807) is 0 Å². The normalized spacial score (nSPS) is 53.8. The highest BCUT2D eigenvalue weighted by Crippen LogP contribution is 2.69. The highest BCUT2D eigenvalue weighted by atomic mass is 16.4. The van der Waals surface area contributed by atoms with Crippen LogP contribution in [0, 0.1) is 52.3 Å². The lowest BCUT2D eigenvalue weighted by molar-refractivity contribution is -0.301. The summed E-state index contributed by atoms with van der Waals surface area (Å²) in [5, 5.41) is 56.0. The fraction of sp³-hybridized carbons (Fsp3) is 1.00. The molecule has 0 radical (unpaired) electrons. The van der Waals surface area contributed by atoms with Gasteiger partial charge in [-0.15, -0.1) is 0 Å². The first kappa shape index (κ1) is 25.9. The SMILES string of the molecule is CC(C)[C@@H](C)CC[C@@H](C)[C@H]1C[C@@H](O)C2C3C(CC[C@@]21C)[C@@]1(C)CC[C@H](O)C[C@]1(O)[C@H](O)[C@@H]3O. The fourth-order valence-corrected chi connectivity index (χ4v) is 9.29. The summed E-state index contributed by atoms with van der Waals surface area (Å²) in [5.74, 6) is 2.03. The van der Waals surface area contributed by atoms with E-state index in [0.29, 0.717) is 36.5 Å². The molecule has 5 nitrogen and oxygen atoms in total. The molecule has 3 unspecified atom stereocenters. The Morgan fingerprint density at radius 1 is 0.909 bits per heavy atom. The minimum atomic E-state index is -1.48. The fourth-order valence-electron chi connectivity index (χ4n) is 9.29.